The van der Waals surface area contributed by atoms with Gasteiger partial charge in [0.05, 0.1) is 12.5 Å². The van der Waals surface area contributed by atoms with Crippen molar-refractivity contribution in [2.45, 2.75) is 6.42 Å². The van der Waals surface area contributed by atoms with Gasteiger partial charge < -0.3 is 4.90 Å². The highest BCUT2D eigenvalue weighted by Crippen LogP contribution is 2.19. The van der Waals surface area contributed by atoms with Crippen LogP contribution in [0.25, 0.3) is 16.4 Å². The monoisotopic (exact) mass is 278 g/mol. The SMILES string of the molecule is CN(CCC#N)c1cc(=O)n2ccc3ccccc3c2n1. The topological polar surface area (TPSA) is 61.4 Å². The standard InChI is InChI=1S/C16H14N4O/c1-19(9-4-8-17)14-11-15(21)20-10-7-12-5-2-3-6-13(12)16(20)18-14/h2-3,5-7,10-11H,4,9H2,1H3. The Bertz CT molecular complexity index is 907. The molecule has 0 radical (unpaired) electrons. The summed E-state index contributed by atoms with van der Waals surface area (Å²) in [4.78, 5) is 18.7. The first-order valence-electron chi connectivity index (χ1n) is 6.70. The van der Waals surface area contributed by atoms with E-state index in [0.717, 1.165) is 10.8 Å². The first-order valence-corrected chi connectivity index (χ1v) is 6.70. The minimum absolute atomic E-state index is 0.121. The van der Waals surface area contributed by atoms with E-state index in [-0.39, 0.29) is 5.56 Å². The Hall–Kier alpha value is -2.87. The molecular weight excluding hydrogens is 264 g/mol. The smallest absolute Gasteiger partial charge is 0.259 e. The van der Waals surface area contributed by atoms with Crippen molar-refractivity contribution in [1.29, 1.82) is 5.26 Å². The highest BCUT2D eigenvalue weighted by molar-refractivity contribution is 5.93. The van der Waals surface area contributed by atoms with Crippen molar-refractivity contribution >= 4 is 22.2 Å². The van der Waals surface area contributed by atoms with Gasteiger partial charge in [0.25, 0.3) is 5.56 Å². The van der Waals surface area contributed by atoms with E-state index in [9.17, 15) is 4.79 Å². The van der Waals surface area contributed by atoms with Gasteiger partial charge in [0.1, 0.15) is 11.5 Å². The van der Waals surface area contributed by atoms with Crippen molar-refractivity contribution in [3.8, 4) is 6.07 Å². The van der Waals surface area contributed by atoms with Crippen molar-refractivity contribution in [1.82, 2.24) is 9.38 Å². The van der Waals surface area contributed by atoms with Crippen molar-refractivity contribution in [2.24, 2.45) is 0 Å². The van der Waals surface area contributed by atoms with E-state index in [4.69, 9.17) is 5.26 Å². The zero-order valence-corrected chi connectivity index (χ0v) is 11.7. The van der Waals surface area contributed by atoms with Crippen molar-refractivity contribution < 1.29 is 0 Å². The molecule has 5 heteroatoms. The maximum absolute atomic E-state index is 12.3. The number of nitrogens with zero attached hydrogens (tertiary/aromatic N) is 4. The van der Waals surface area contributed by atoms with E-state index in [1.165, 1.54) is 6.07 Å². The van der Waals surface area contributed by atoms with Crippen molar-refractivity contribution in [3.05, 3.63) is 52.9 Å². The first kappa shape index (κ1) is 13.1. The van der Waals surface area contributed by atoms with E-state index in [2.05, 4.69) is 11.1 Å². The van der Waals surface area contributed by atoms with Crippen molar-refractivity contribution in [2.75, 3.05) is 18.5 Å². The minimum atomic E-state index is -0.121. The molecule has 0 unspecified atom stereocenters. The number of benzene rings is 1. The summed E-state index contributed by atoms with van der Waals surface area (Å²) in [6.07, 6.45) is 2.14. The van der Waals surface area contributed by atoms with Crippen LogP contribution in [0.1, 0.15) is 6.42 Å². The summed E-state index contributed by atoms with van der Waals surface area (Å²) in [5.41, 5.74) is 0.518. The third-order valence-corrected chi connectivity index (χ3v) is 3.49. The number of anilines is 1. The number of nitriles is 1. The maximum atomic E-state index is 12.3. The summed E-state index contributed by atoms with van der Waals surface area (Å²) < 4.78 is 1.55. The molecule has 0 atom stereocenters. The van der Waals surface area contributed by atoms with E-state index in [1.54, 1.807) is 10.6 Å². The molecule has 21 heavy (non-hydrogen) atoms. The minimum Gasteiger partial charge on any atom is -0.358 e. The summed E-state index contributed by atoms with van der Waals surface area (Å²) in [7, 11) is 1.83. The van der Waals surface area contributed by atoms with Crippen LogP contribution < -0.4 is 10.5 Å². The van der Waals surface area contributed by atoms with Gasteiger partial charge >= 0.3 is 0 Å². The van der Waals surface area contributed by atoms with Gasteiger partial charge in [-0.1, -0.05) is 24.3 Å². The molecule has 0 aliphatic heterocycles. The van der Waals surface area contributed by atoms with Crippen LogP contribution in [0.5, 0.6) is 0 Å². The molecule has 0 spiro atoms. The van der Waals surface area contributed by atoms with Crippen LogP contribution in [0.2, 0.25) is 0 Å². The van der Waals surface area contributed by atoms with Crippen LogP contribution >= 0.6 is 0 Å². The number of aromatic nitrogens is 2. The Labute approximate surface area is 121 Å². The fourth-order valence-electron chi connectivity index (χ4n) is 2.34. The molecule has 3 rings (SSSR count). The molecule has 3 aromatic rings. The number of pyridine rings is 1. The molecule has 0 saturated carbocycles. The largest absolute Gasteiger partial charge is 0.358 e. The van der Waals surface area contributed by atoms with Crippen LogP contribution in [0.3, 0.4) is 0 Å². The van der Waals surface area contributed by atoms with E-state index < -0.39 is 0 Å². The van der Waals surface area contributed by atoms with Gasteiger partial charge in [0, 0.05) is 31.2 Å². The molecule has 0 bridgehead atoms. The Kier molecular flexibility index (Phi) is 3.28. The lowest BCUT2D eigenvalue weighted by Gasteiger charge is -2.17. The molecule has 0 N–H and O–H groups in total. The summed E-state index contributed by atoms with van der Waals surface area (Å²) in [5, 5.41) is 10.6. The lowest BCUT2D eigenvalue weighted by molar-refractivity contribution is 0.877. The molecule has 0 aliphatic rings. The molecule has 0 amide bonds. The molecular formula is C16H14N4O. The summed E-state index contributed by atoms with van der Waals surface area (Å²) in [6.45, 7) is 0.546. The lowest BCUT2D eigenvalue weighted by Crippen LogP contribution is -2.23. The second kappa shape index (κ2) is 5.25. The highest BCUT2D eigenvalue weighted by Gasteiger charge is 2.09. The van der Waals surface area contributed by atoms with Crippen LogP contribution in [0.4, 0.5) is 5.82 Å². The van der Waals surface area contributed by atoms with E-state index >= 15 is 0 Å². The number of rotatable bonds is 3. The van der Waals surface area contributed by atoms with Crippen LogP contribution in [0, 0.1) is 11.3 Å². The Morgan fingerprint density at radius 1 is 1.33 bits per heavy atom. The average molecular weight is 278 g/mol. The van der Waals surface area contributed by atoms with E-state index in [0.29, 0.717) is 24.4 Å². The highest BCUT2D eigenvalue weighted by atomic mass is 16.1. The average Bonchev–Trinajstić information content (AvgIpc) is 2.52. The zero-order valence-electron chi connectivity index (χ0n) is 11.7. The van der Waals surface area contributed by atoms with Gasteiger partial charge in [-0.3, -0.25) is 9.20 Å². The fraction of sp³-hybridized carbons (Fsp3) is 0.188. The molecule has 2 heterocycles. The molecule has 0 saturated heterocycles. The third-order valence-electron chi connectivity index (χ3n) is 3.49. The molecule has 0 aliphatic carbocycles. The second-order valence-corrected chi connectivity index (χ2v) is 4.88. The van der Waals surface area contributed by atoms with Gasteiger partial charge in [0.2, 0.25) is 0 Å². The normalized spacial score (nSPS) is 10.7. The predicted octanol–water partition coefficient (Wildman–Crippen LogP) is 2.20. The van der Waals surface area contributed by atoms with Gasteiger partial charge in [-0.15, -0.1) is 0 Å². The fourth-order valence-corrected chi connectivity index (χ4v) is 2.34. The second-order valence-electron chi connectivity index (χ2n) is 4.88. The predicted molar refractivity (Wildman–Crippen MR) is 82.5 cm³/mol. The van der Waals surface area contributed by atoms with Crippen LogP contribution in [-0.4, -0.2) is 23.0 Å². The quantitative estimate of drug-likeness (QED) is 0.689. The van der Waals surface area contributed by atoms with E-state index in [1.807, 2.05) is 42.3 Å². The van der Waals surface area contributed by atoms with Gasteiger partial charge in [-0.05, 0) is 11.5 Å². The Morgan fingerprint density at radius 3 is 2.95 bits per heavy atom. The number of fused-ring (bicyclic) bond motifs is 3. The first-order chi connectivity index (χ1) is 10.2. The third kappa shape index (κ3) is 2.32. The molecule has 0 fully saturated rings. The van der Waals surface area contributed by atoms with Crippen molar-refractivity contribution in [3.63, 3.8) is 0 Å². The van der Waals surface area contributed by atoms with Gasteiger partial charge in [-0.25, -0.2) is 4.98 Å². The summed E-state index contributed by atoms with van der Waals surface area (Å²) in [6, 6.07) is 13.3. The van der Waals surface area contributed by atoms with Gasteiger partial charge in [0.15, 0.2) is 0 Å². The summed E-state index contributed by atoms with van der Waals surface area (Å²) >= 11 is 0. The molecule has 2 aromatic heterocycles. The van der Waals surface area contributed by atoms with Crippen LogP contribution in [-0.2, 0) is 0 Å². The Morgan fingerprint density at radius 2 is 2.14 bits per heavy atom. The molecule has 1 aromatic carbocycles. The number of hydrogen-bond acceptors (Lipinski definition) is 4. The zero-order chi connectivity index (χ0) is 14.8. The lowest BCUT2D eigenvalue weighted by atomic mass is 10.2. The molecule has 5 nitrogen and oxygen atoms in total. The number of hydrogen-bond donors (Lipinski definition) is 0. The van der Waals surface area contributed by atoms with Crippen LogP contribution in [0.15, 0.2) is 47.4 Å². The van der Waals surface area contributed by atoms with Gasteiger partial charge in [-0.2, -0.15) is 5.26 Å². The Balaban J connectivity index is 2.24. The molecule has 104 valence electrons. The summed E-state index contributed by atoms with van der Waals surface area (Å²) in [5.74, 6) is 0.589. The maximum Gasteiger partial charge on any atom is 0.259 e.